The normalized spacial score (nSPS) is 16.5. The molecule has 2 rings (SSSR count). The van der Waals surface area contributed by atoms with Gasteiger partial charge in [0.1, 0.15) is 24.0 Å². The number of hydrogen-bond donors (Lipinski definition) is 2. The van der Waals surface area contributed by atoms with Crippen molar-refractivity contribution < 1.29 is 46.4 Å². The molecule has 1 unspecified atom stereocenters. The van der Waals surface area contributed by atoms with Crippen molar-refractivity contribution in [3.63, 3.8) is 0 Å². The first-order valence-corrected chi connectivity index (χ1v) is 13.0. The van der Waals surface area contributed by atoms with Crippen molar-refractivity contribution in [2.45, 2.75) is 66.3 Å². The van der Waals surface area contributed by atoms with Crippen molar-refractivity contribution in [2.75, 3.05) is 19.4 Å². The van der Waals surface area contributed by atoms with E-state index in [1.807, 2.05) is 13.8 Å². The summed E-state index contributed by atoms with van der Waals surface area (Å²) < 4.78 is 66.2. The summed E-state index contributed by atoms with van der Waals surface area (Å²) in [4.78, 5) is 24.0. The lowest BCUT2D eigenvalue weighted by Crippen LogP contribution is -2.35. The Labute approximate surface area is 202 Å². The highest BCUT2D eigenvalue weighted by Crippen LogP contribution is 2.46. The number of ether oxygens (including phenoxy) is 2. The molecule has 0 aliphatic carbocycles. The smallest absolute Gasteiger partial charge is 0.412 e. The van der Waals surface area contributed by atoms with Crippen LogP contribution < -0.4 is 5.09 Å². The van der Waals surface area contributed by atoms with Crippen LogP contribution in [-0.4, -0.2) is 48.6 Å². The van der Waals surface area contributed by atoms with Gasteiger partial charge in [0.25, 0.3) is 7.52 Å². The number of benzene rings is 1. The van der Waals surface area contributed by atoms with Crippen LogP contribution >= 0.6 is 7.52 Å². The summed E-state index contributed by atoms with van der Waals surface area (Å²) in [6.45, 7) is 6.54. The van der Waals surface area contributed by atoms with Gasteiger partial charge in [-0.1, -0.05) is 18.6 Å². The molecule has 0 aromatic heterocycles. The number of phenolic OH excluding ortho intramolecular Hbond substituents is 1. The fourth-order valence-electron chi connectivity index (χ4n) is 3.93. The molecule has 0 saturated heterocycles. The first-order valence-electron chi connectivity index (χ1n) is 11.2. The van der Waals surface area contributed by atoms with E-state index in [9.17, 15) is 32.4 Å². The molecular weight excluding hydrogens is 490 g/mol. The van der Waals surface area contributed by atoms with Crippen molar-refractivity contribution in [3.05, 3.63) is 39.5 Å². The van der Waals surface area contributed by atoms with Gasteiger partial charge in [-0.05, 0) is 51.7 Å². The van der Waals surface area contributed by atoms with Crippen LogP contribution in [0.3, 0.4) is 0 Å². The molecule has 196 valence electrons. The van der Waals surface area contributed by atoms with Crippen LogP contribution in [0.2, 0.25) is 0 Å². The summed E-state index contributed by atoms with van der Waals surface area (Å²) in [5, 5.41) is 13.1. The minimum atomic E-state index is -4.72. The van der Waals surface area contributed by atoms with E-state index in [1.165, 1.54) is 6.92 Å². The van der Waals surface area contributed by atoms with Gasteiger partial charge in [0, 0.05) is 11.1 Å². The number of halogens is 3. The average Bonchev–Trinajstić information content (AvgIpc) is 3.15. The highest BCUT2D eigenvalue weighted by molar-refractivity contribution is 7.57. The number of allylic oxidation sites excluding steroid dienone is 2. The van der Waals surface area contributed by atoms with Crippen LogP contribution in [0, 0.1) is 6.92 Å². The third-order valence-corrected chi connectivity index (χ3v) is 7.82. The Hall–Kier alpha value is -2.36. The van der Waals surface area contributed by atoms with Crippen molar-refractivity contribution in [1.82, 2.24) is 5.09 Å². The van der Waals surface area contributed by atoms with E-state index >= 15 is 0 Å². The maximum atomic E-state index is 13.2. The van der Waals surface area contributed by atoms with Gasteiger partial charge < -0.3 is 19.1 Å². The Morgan fingerprint density at radius 2 is 1.97 bits per heavy atom. The molecule has 2 atom stereocenters. The van der Waals surface area contributed by atoms with Gasteiger partial charge in [0.05, 0.1) is 12.8 Å². The topological polar surface area (TPSA) is 111 Å². The van der Waals surface area contributed by atoms with Gasteiger partial charge in [0.15, 0.2) is 6.61 Å². The number of cyclic esters (lactones) is 1. The van der Waals surface area contributed by atoms with Crippen molar-refractivity contribution in [1.29, 1.82) is 0 Å². The fourth-order valence-corrected chi connectivity index (χ4v) is 6.02. The summed E-state index contributed by atoms with van der Waals surface area (Å²) in [7, 11) is -4.17. The van der Waals surface area contributed by atoms with Crippen LogP contribution in [0.25, 0.3) is 0 Å². The molecule has 1 heterocycles. The quantitative estimate of drug-likeness (QED) is 0.244. The zero-order valence-corrected chi connectivity index (χ0v) is 21.3. The average molecular weight is 521 g/mol. The van der Waals surface area contributed by atoms with Crippen molar-refractivity contribution >= 4 is 19.5 Å². The predicted octanol–water partition coefficient (Wildman–Crippen LogP) is 4.74. The van der Waals surface area contributed by atoms with E-state index in [0.29, 0.717) is 23.1 Å². The number of phenols is 1. The van der Waals surface area contributed by atoms with Gasteiger partial charge in [-0.2, -0.15) is 13.2 Å². The number of nitrogens with one attached hydrogen (secondary N) is 1. The molecule has 12 heteroatoms. The van der Waals surface area contributed by atoms with Gasteiger partial charge in [-0.25, -0.2) is 9.88 Å². The van der Waals surface area contributed by atoms with Crippen molar-refractivity contribution in [2.24, 2.45) is 0 Å². The molecule has 0 radical (unpaired) electrons. The Kier molecular flexibility index (Phi) is 9.56. The molecule has 1 aromatic rings. The lowest BCUT2D eigenvalue weighted by molar-refractivity contribution is -0.153. The Bertz CT molecular complexity index is 1050. The molecule has 2 N–H and O–H groups in total. The maximum Gasteiger partial charge on any atom is 0.412 e. The second-order valence-electron chi connectivity index (χ2n) is 8.29. The zero-order valence-electron chi connectivity index (χ0n) is 20.4. The second kappa shape index (κ2) is 11.6. The minimum absolute atomic E-state index is 0.0501. The first kappa shape index (κ1) is 28.9. The summed E-state index contributed by atoms with van der Waals surface area (Å²) in [6, 6.07) is -1.16. The SMILES string of the molecule is CCOC(=O)[C@H](C)NP(=O)(C/C(C)=C/Cc1c(O)c2c(c(C)c1CC)COC2=O)OCC(F)(F)F. The molecule has 1 aromatic carbocycles. The van der Waals surface area contributed by atoms with Crippen molar-refractivity contribution in [3.8, 4) is 5.75 Å². The van der Waals surface area contributed by atoms with Crippen LogP contribution in [0.15, 0.2) is 11.6 Å². The highest BCUT2D eigenvalue weighted by Gasteiger charge is 2.36. The summed E-state index contributed by atoms with van der Waals surface area (Å²) >= 11 is 0. The van der Waals surface area contributed by atoms with E-state index in [-0.39, 0.29) is 30.9 Å². The van der Waals surface area contributed by atoms with Gasteiger partial charge >= 0.3 is 18.1 Å². The number of carbonyl (C=O) groups excluding carboxylic acids is 2. The van der Waals surface area contributed by atoms with Gasteiger partial charge in [-0.3, -0.25) is 9.36 Å². The number of carbonyl (C=O) groups is 2. The molecule has 0 saturated carbocycles. The van der Waals surface area contributed by atoms with Crippen LogP contribution in [0.4, 0.5) is 13.2 Å². The van der Waals surface area contributed by atoms with E-state index in [2.05, 4.69) is 5.09 Å². The molecule has 1 aliphatic rings. The number of fused-ring (bicyclic) bond motifs is 1. The maximum absolute atomic E-state index is 13.2. The summed E-state index contributed by atoms with van der Waals surface area (Å²) in [5.74, 6) is -1.59. The third kappa shape index (κ3) is 7.32. The monoisotopic (exact) mass is 521 g/mol. The van der Waals surface area contributed by atoms with Gasteiger partial charge in [-0.15, -0.1) is 0 Å². The van der Waals surface area contributed by atoms with E-state index < -0.39 is 44.4 Å². The fraction of sp³-hybridized carbons (Fsp3) is 0.565. The van der Waals surface area contributed by atoms with Crippen LogP contribution in [-0.2, 0) is 42.8 Å². The second-order valence-corrected chi connectivity index (χ2v) is 10.5. The summed E-state index contributed by atoms with van der Waals surface area (Å²) in [6.07, 6.45) is -2.84. The molecule has 0 amide bonds. The first-order chi connectivity index (χ1) is 16.2. The highest BCUT2D eigenvalue weighted by atomic mass is 31.2. The summed E-state index contributed by atoms with van der Waals surface area (Å²) in [5.41, 5.74) is 3.30. The Morgan fingerprint density at radius 3 is 2.54 bits per heavy atom. The standard InChI is InChI=1S/C23H31F3NO7P/c1-6-16-14(4)18-10-33-22(30)19(18)20(28)17(16)9-8-13(3)11-35(31,34-12-23(24,25)26)27-15(5)21(29)32-7-2/h8,15,28H,6-7,9-12H2,1-5H3,(H,27,31)/b13-8+/t15-,35?/m0/s1. The molecule has 0 spiro atoms. The molecular formula is C23H31F3NO7P. The van der Waals surface area contributed by atoms with E-state index in [4.69, 9.17) is 14.0 Å². The Balaban J connectivity index is 2.31. The Morgan fingerprint density at radius 1 is 1.31 bits per heavy atom. The largest absolute Gasteiger partial charge is 0.507 e. The van der Waals surface area contributed by atoms with Crippen LogP contribution in [0.1, 0.15) is 60.3 Å². The van der Waals surface area contributed by atoms with E-state index in [1.54, 1.807) is 19.9 Å². The lowest BCUT2D eigenvalue weighted by atomic mass is 9.89. The molecule has 35 heavy (non-hydrogen) atoms. The number of esters is 2. The lowest BCUT2D eigenvalue weighted by Gasteiger charge is -2.24. The molecule has 0 fully saturated rings. The number of rotatable bonds is 11. The minimum Gasteiger partial charge on any atom is -0.507 e. The molecule has 1 aliphatic heterocycles. The van der Waals surface area contributed by atoms with Gasteiger partial charge in [0.2, 0.25) is 0 Å². The zero-order chi connectivity index (χ0) is 26.6. The van der Waals surface area contributed by atoms with E-state index in [0.717, 1.165) is 11.1 Å². The molecule has 8 nitrogen and oxygen atoms in total. The third-order valence-electron chi connectivity index (χ3n) is 5.58. The predicted molar refractivity (Wildman–Crippen MR) is 123 cm³/mol. The number of hydrogen-bond acceptors (Lipinski definition) is 7. The van der Waals surface area contributed by atoms with Crippen LogP contribution in [0.5, 0.6) is 5.75 Å². The molecule has 0 bridgehead atoms. The number of aromatic hydroxyl groups is 1. The number of alkyl halides is 3.